The van der Waals surface area contributed by atoms with Gasteiger partial charge in [0.05, 0.1) is 6.04 Å². The Morgan fingerprint density at radius 3 is 2.47 bits per heavy atom. The van der Waals surface area contributed by atoms with E-state index in [-0.39, 0.29) is 18.4 Å². The van der Waals surface area contributed by atoms with Gasteiger partial charge in [-0.1, -0.05) is 6.42 Å². The summed E-state index contributed by atoms with van der Waals surface area (Å²) in [6, 6.07) is 0.0179. The zero-order valence-corrected chi connectivity index (χ0v) is 11.4. The highest BCUT2D eigenvalue weighted by Crippen LogP contribution is 2.23. The summed E-state index contributed by atoms with van der Waals surface area (Å²) in [5.41, 5.74) is 0. The Hall–Kier alpha value is -1.10. The highest BCUT2D eigenvalue weighted by molar-refractivity contribution is 5.82. The van der Waals surface area contributed by atoms with Crippen LogP contribution in [0.1, 0.15) is 44.9 Å². The summed E-state index contributed by atoms with van der Waals surface area (Å²) in [5, 5.41) is 12.0. The number of amides is 1. The number of rotatable bonds is 4. The Morgan fingerprint density at radius 1 is 1.16 bits per heavy atom. The van der Waals surface area contributed by atoms with Crippen LogP contribution in [0.25, 0.3) is 0 Å². The van der Waals surface area contributed by atoms with Gasteiger partial charge in [0.15, 0.2) is 0 Å². The molecule has 0 radical (unpaired) electrons. The van der Waals surface area contributed by atoms with E-state index >= 15 is 0 Å². The van der Waals surface area contributed by atoms with Gasteiger partial charge in [-0.05, 0) is 44.6 Å². The molecule has 19 heavy (non-hydrogen) atoms. The summed E-state index contributed by atoms with van der Waals surface area (Å²) in [6.07, 6.45) is 6.16. The molecule has 2 heterocycles. The monoisotopic (exact) mass is 268 g/mol. The summed E-state index contributed by atoms with van der Waals surface area (Å²) in [4.78, 5) is 24.8. The van der Waals surface area contributed by atoms with Crippen molar-refractivity contribution in [2.75, 3.05) is 19.6 Å². The molecule has 0 aliphatic carbocycles. The number of likely N-dealkylation sites (tertiary alicyclic amines) is 1. The average Bonchev–Trinajstić information content (AvgIpc) is 2.46. The molecule has 108 valence electrons. The Bertz CT molecular complexity index is 319. The molecular weight excluding hydrogens is 244 g/mol. The maximum atomic E-state index is 12.3. The lowest BCUT2D eigenvalue weighted by Gasteiger charge is -2.35. The summed E-state index contributed by atoms with van der Waals surface area (Å²) in [5.74, 6) is 0.000705. The van der Waals surface area contributed by atoms with Crippen LogP contribution >= 0.6 is 0 Å². The molecule has 5 heteroatoms. The molecule has 5 nitrogen and oxygen atoms in total. The predicted octanol–water partition coefficient (Wildman–Crippen LogP) is 1.23. The number of carboxylic acids is 1. The van der Waals surface area contributed by atoms with Gasteiger partial charge >= 0.3 is 5.97 Å². The Balaban J connectivity index is 1.72. The van der Waals surface area contributed by atoms with Crippen LogP contribution in [0.5, 0.6) is 0 Å². The van der Waals surface area contributed by atoms with E-state index in [0.29, 0.717) is 5.92 Å². The fourth-order valence-corrected chi connectivity index (χ4v) is 3.05. The summed E-state index contributed by atoms with van der Waals surface area (Å²) < 4.78 is 0. The first-order valence-corrected chi connectivity index (χ1v) is 7.41. The molecule has 1 atom stereocenters. The van der Waals surface area contributed by atoms with Crippen molar-refractivity contribution in [1.82, 2.24) is 10.2 Å². The fraction of sp³-hybridized carbons (Fsp3) is 0.857. The number of carbonyl (C=O) groups excluding carboxylic acids is 1. The van der Waals surface area contributed by atoms with Crippen LogP contribution in [0.15, 0.2) is 0 Å². The third-order valence-corrected chi connectivity index (χ3v) is 4.30. The summed E-state index contributed by atoms with van der Waals surface area (Å²) in [7, 11) is 0. The van der Waals surface area contributed by atoms with E-state index in [2.05, 4.69) is 5.32 Å². The van der Waals surface area contributed by atoms with Gasteiger partial charge in [-0.2, -0.15) is 0 Å². The number of carboxylic acid groups (broad SMARTS) is 1. The van der Waals surface area contributed by atoms with Crippen LogP contribution in [0, 0.1) is 5.92 Å². The first-order chi connectivity index (χ1) is 9.16. The minimum Gasteiger partial charge on any atom is -0.481 e. The van der Waals surface area contributed by atoms with Gasteiger partial charge in [0.1, 0.15) is 0 Å². The number of piperidine rings is 2. The molecular formula is C14H24N2O3. The van der Waals surface area contributed by atoms with Gasteiger partial charge in [-0.15, -0.1) is 0 Å². The van der Waals surface area contributed by atoms with Crippen LogP contribution in [0.3, 0.4) is 0 Å². The zero-order valence-electron chi connectivity index (χ0n) is 11.4. The van der Waals surface area contributed by atoms with Crippen molar-refractivity contribution in [2.24, 2.45) is 5.92 Å². The van der Waals surface area contributed by atoms with Crippen molar-refractivity contribution in [3.8, 4) is 0 Å². The van der Waals surface area contributed by atoms with Crippen molar-refractivity contribution < 1.29 is 14.7 Å². The smallest absolute Gasteiger partial charge is 0.303 e. The molecule has 0 aromatic carbocycles. The lowest BCUT2D eigenvalue weighted by atomic mass is 9.91. The molecule has 0 saturated carbocycles. The molecule has 2 rings (SSSR count). The molecule has 0 aromatic rings. The maximum absolute atomic E-state index is 12.3. The molecule has 2 fully saturated rings. The second-order valence-electron chi connectivity index (χ2n) is 5.70. The average molecular weight is 268 g/mol. The molecule has 2 saturated heterocycles. The number of nitrogens with one attached hydrogen (secondary N) is 1. The van der Waals surface area contributed by atoms with E-state index in [1.54, 1.807) is 0 Å². The Morgan fingerprint density at radius 2 is 1.89 bits per heavy atom. The minimum atomic E-state index is -0.718. The number of carbonyl (C=O) groups is 2. The standard InChI is InChI=1S/C14H24N2O3/c17-13(18)5-4-11-6-9-16(10-7-11)14(19)12-3-1-2-8-15-12/h11-12,15H,1-10H2,(H,17,18)/t12-/m1/s1. The first-order valence-electron chi connectivity index (χ1n) is 7.41. The van der Waals surface area contributed by atoms with Gasteiger partial charge in [0, 0.05) is 19.5 Å². The topological polar surface area (TPSA) is 69.6 Å². The Labute approximate surface area is 114 Å². The molecule has 0 aromatic heterocycles. The number of hydrogen-bond donors (Lipinski definition) is 2. The molecule has 1 amide bonds. The lowest BCUT2D eigenvalue weighted by Crippen LogP contribution is -2.50. The Kier molecular flexibility index (Phi) is 5.19. The highest BCUT2D eigenvalue weighted by Gasteiger charge is 2.28. The fourth-order valence-electron chi connectivity index (χ4n) is 3.05. The van der Waals surface area contributed by atoms with E-state index in [4.69, 9.17) is 5.11 Å². The summed E-state index contributed by atoms with van der Waals surface area (Å²) in [6.45, 7) is 2.54. The second kappa shape index (κ2) is 6.89. The van der Waals surface area contributed by atoms with Crippen LogP contribution < -0.4 is 5.32 Å². The van der Waals surface area contributed by atoms with Gasteiger partial charge in [0.25, 0.3) is 0 Å². The van der Waals surface area contributed by atoms with E-state index in [9.17, 15) is 9.59 Å². The second-order valence-corrected chi connectivity index (χ2v) is 5.70. The molecule has 2 N–H and O–H groups in total. The third-order valence-electron chi connectivity index (χ3n) is 4.30. The maximum Gasteiger partial charge on any atom is 0.303 e. The van der Waals surface area contributed by atoms with Crippen LogP contribution in [-0.2, 0) is 9.59 Å². The predicted molar refractivity (Wildman–Crippen MR) is 71.8 cm³/mol. The molecule has 0 bridgehead atoms. The quantitative estimate of drug-likeness (QED) is 0.804. The van der Waals surface area contributed by atoms with Gasteiger partial charge in [-0.25, -0.2) is 0 Å². The minimum absolute atomic E-state index is 0.0179. The van der Waals surface area contributed by atoms with Crippen LogP contribution in [-0.4, -0.2) is 47.6 Å². The highest BCUT2D eigenvalue weighted by atomic mass is 16.4. The normalized spacial score (nSPS) is 25.3. The summed E-state index contributed by atoms with van der Waals surface area (Å²) >= 11 is 0. The van der Waals surface area contributed by atoms with Gasteiger partial charge < -0.3 is 15.3 Å². The van der Waals surface area contributed by atoms with E-state index < -0.39 is 5.97 Å². The molecule has 0 spiro atoms. The number of hydrogen-bond acceptors (Lipinski definition) is 3. The largest absolute Gasteiger partial charge is 0.481 e. The van der Waals surface area contributed by atoms with Crippen LogP contribution in [0.4, 0.5) is 0 Å². The van der Waals surface area contributed by atoms with Crippen molar-refractivity contribution in [1.29, 1.82) is 0 Å². The number of aliphatic carboxylic acids is 1. The van der Waals surface area contributed by atoms with Crippen molar-refractivity contribution in [3.63, 3.8) is 0 Å². The van der Waals surface area contributed by atoms with Crippen molar-refractivity contribution in [3.05, 3.63) is 0 Å². The zero-order chi connectivity index (χ0) is 13.7. The van der Waals surface area contributed by atoms with E-state index in [1.807, 2.05) is 4.90 Å². The lowest BCUT2D eigenvalue weighted by molar-refractivity contribution is -0.138. The molecule has 2 aliphatic rings. The van der Waals surface area contributed by atoms with E-state index in [0.717, 1.165) is 51.7 Å². The van der Waals surface area contributed by atoms with Crippen molar-refractivity contribution in [2.45, 2.75) is 51.0 Å². The van der Waals surface area contributed by atoms with Crippen molar-refractivity contribution >= 4 is 11.9 Å². The third kappa shape index (κ3) is 4.20. The molecule has 0 unspecified atom stereocenters. The van der Waals surface area contributed by atoms with Crippen LogP contribution in [0.2, 0.25) is 0 Å². The first kappa shape index (κ1) is 14.3. The SMILES string of the molecule is O=C(O)CCC1CCN(C(=O)[C@H]2CCCCN2)CC1. The molecule has 2 aliphatic heterocycles. The van der Waals surface area contributed by atoms with E-state index in [1.165, 1.54) is 6.42 Å². The van der Waals surface area contributed by atoms with Gasteiger partial charge in [-0.3, -0.25) is 9.59 Å². The number of nitrogens with zero attached hydrogens (tertiary/aromatic N) is 1. The van der Waals surface area contributed by atoms with Gasteiger partial charge in [0.2, 0.25) is 5.91 Å².